The molecule has 2 aliphatic rings. The molecule has 0 radical (unpaired) electrons. The summed E-state index contributed by atoms with van der Waals surface area (Å²) in [5, 5.41) is 7.48. The van der Waals surface area contributed by atoms with Gasteiger partial charge < -0.3 is 10.6 Å². The Kier molecular flexibility index (Phi) is 5.05. The maximum Gasteiger partial charge on any atom is 0.0140 e. The highest BCUT2D eigenvalue weighted by molar-refractivity contribution is 4.97. The molecule has 0 aromatic carbocycles. The summed E-state index contributed by atoms with van der Waals surface area (Å²) in [5.74, 6) is 0.876. The van der Waals surface area contributed by atoms with Gasteiger partial charge in [-0.2, -0.15) is 0 Å². The van der Waals surface area contributed by atoms with Crippen molar-refractivity contribution in [3.63, 3.8) is 0 Å². The molecule has 0 bridgehead atoms. The monoisotopic (exact) mass is 236 g/mol. The number of hydrogen-bond donors (Lipinski definition) is 2. The Morgan fingerprint density at radius 3 is 2.76 bits per heavy atom. The zero-order valence-electron chi connectivity index (χ0n) is 11.5. The predicted octanol–water partition coefficient (Wildman–Crippen LogP) is 2.85. The minimum absolute atomic E-state index is 0.751. The minimum atomic E-state index is 0.751. The zero-order valence-corrected chi connectivity index (χ0v) is 11.5. The molecule has 1 aliphatic carbocycles. The van der Waals surface area contributed by atoms with Gasteiger partial charge >= 0.3 is 0 Å². The Bertz CT molecular complexity index is 250. The largest absolute Gasteiger partial charge is 0.314 e. The van der Waals surface area contributed by atoms with Crippen molar-refractivity contribution in [3.8, 4) is 0 Å². The fourth-order valence-electron chi connectivity index (χ4n) is 3.38. The van der Waals surface area contributed by atoms with E-state index in [4.69, 9.17) is 0 Å². The van der Waals surface area contributed by atoms with E-state index in [9.17, 15) is 0 Å². The molecule has 1 heterocycles. The third-order valence-corrected chi connectivity index (χ3v) is 4.33. The molecular weight excluding hydrogens is 208 g/mol. The van der Waals surface area contributed by atoms with Crippen molar-refractivity contribution >= 4 is 0 Å². The topological polar surface area (TPSA) is 24.1 Å². The van der Waals surface area contributed by atoms with Crippen LogP contribution in [0.1, 0.15) is 52.4 Å². The van der Waals surface area contributed by atoms with Crippen LogP contribution in [0.3, 0.4) is 0 Å². The Balaban J connectivity index is 1.81. The van der Waals surface area contributed by atoms with Crippen molar-refractivity contribution in [2.45, 2.75) is 64.5 Å². The quantitative estimate of drug-likeness (QED) is 0.734. The molecule has 0 amide bonds. The summed E-state index contributed by atoms with van der Waals surface area (Å²) >= 11 is 0. The lowest BCUT2D eigenvalue weighted by atomic mass is 9.88. The van der Waals surface area contributed by atoms with Crippen molar-refractivity contribution in [3.05, 3.63) is 11.6 Å². The van der Waals surface area contributed by atoms with Crippen molar-refractivity contribution in [1.82, 2.24) is 10.6 Å². The molecular formula is C15H28N2. The van der Waals surface area contributed by atoms with Crippen molar-refractivity contribution < 1.29 is 0 Å². The van der Waals surface area contributed by atoms with Gasteiger partial charge in [0.15, 0.2) is 0 Å². The van der Waals surface area contributed by atoms with Gasteiger partial charge in [0.05, 0.1) is 0 Å². The van der Waals surface area contributed by atoms with Gasteiger partial charge in [-0.25, -0.2) is 0 Å². The summed E-state index contributed by atoms with van der Waals surface area (Å²) in [5.41, 5.74) is 1.42. The van der Waals surface area contributed by atoms with Crippen LogP contribution in [0.25, 0.3) is 0 Å². The van der Waals surface area contributed by atoms with Gasteiger partial charge in [-0.1, -0.05) is 24.5 Å². The van der Waals surface area contributed by atoms with Gasteiger partial charge in [0.1, 0.15) is 0 Å². The van der Waals surface area contributed by atoms with Gasteiger partial charge in [0.25, 0.3) is 0 Å². The fraction of sp³-hybridized carbons (Fsp3) is 0.867. The summed E-state index contributed by atoms with van der Waals surface area (Å²) in [6.07, 6.45) is 10.7. The standard InChI is InChI=1S/C15H28N2/c1-12(2)9-11-17-15-8-5-6-13(15)14-7-3-4-10-16-14/h9,13-17H,3-8,10-11H2,1-2H3. The van der Waals surface area contributed by atoms with E-state index < -0.39 is 0 Å². The lowest BCUT2D eigenvalue weighted by Crippen LogP contribution is -2.46. The fourth-order valence-corrected chi connectivity index (χ4v) is 3.38. The molecule has 2 rings (SSSR count). The van der Waals surface area contributed by atoms with Crippen LogP contribution in [-0.2, 0) is 0 Å². The molecule has 2 N–H and O–H groups in total. The van der Waals surface area contributed by atoms with E-state index in [1.165, 1.54) is 50.6 Å². The highest BCUT2D eigenvalue weighted by atomic mass is 15.0. The summed E-state index contributed by atoms with van der Waals surface area (Å²) in [7, 11) is 0. The van der Waals surface area contributed by atoms with Crippen molar-refractivity contribution in [1.29, 1.82) is 0 Å². The molecule has 2 nitrogen and oxygen atoms in total. The van der Waals surface area contributed by atoms with Crippen LogP contribution >= 0.6 is 0 Å². The second-order valence-electron chi connectivity index (χ2n) is 5.95. The Morgan fingerprint density at radius 2 is 2.06 bits per heavy atom. The summed E-state index contributed by atoms with van der Waals surface area (Å²) < 4.78 is 0. The third-order valence-electron chi connectivity index (χ3n) is 4.33. The molecule has 98 valence electrons. The van der Waals surface area contributed by atoms with E-state index in [2.05, 4.69) is 30.6 Å². The smallest absolute Gasteiger partial charge is 0.0140 e. The van der Waals surface area contributed by atoms with Gasteiger partial charge in [-0.05, 0) is 52.0 Å². The first kappa shape index (κ1) is 13.1. The highest BCUT2D eigenvalue weighted by Gasteiger charge is 2.33. The normalized spacial score (nSPS) is 33.6. The molecule has 3 unspecified atom stereocenters. The van der Waals surface area contributed by atoms with Crippen LogP contribution < -0.4 is 10.6 Å². The third kappa shape index (κ3) is 3.82. The molecule has 2 fully saturated rings. The van der Waals surface area contributed by atoms with Crippen LogP contribution in [-0.4, -0.2) is 25.2 Å². The van der Waals surface area contributed by atoms with E-state index in [-0.39, 0.29) is 0 Å². The van der Waals surface area contributed by atoms with Crippen LogP contribution in [0.15, 0.2) is 11.6 Å². The Morgan fingerprint density at radius 1 is 1.18 bits per heavy atom. The molecule has 17 heavy (non-hydrogen) atoms. The van der Waals surface area contributed by atoms with Crippen LogP contribution in [0.2, 0.25) is 0 Å². The highest BCUT2D eigenvalue weighted by Crippen LogP contribution is 2.31. The van der Waals surface area contributed by atoms with E-state index >= 15 is 0 Å². The van der Waals surface area contributed by atoms with Gasteiger partial charge in [-0.3, -0.25) is 0 Å². The first-order valence-electron chi connectivity index (χ1n) is 7.37. The molecule has 3 atom stereocenters. The first-order valence-corrected chi connectivity index (χ1v) is 7.37. The lowest BCUT2D eigenvalue weighted by Gasteiger charge is -2.33. The average molecular weight is 236 g/mol. The molecule has 1 aliphatic heterocycles. The maximum atomic E-state index is 3.74. The molecule has 0 aromatic rings. The summed E-state index contributed by atoms with van der Waals surface area (Å²) in [4.78, 5) is 0. The second-order valence-corrected chi connectivity index (χ2v) is 5.95. The van der Waals surface area contributed by atoms with Gasteiger partial charge in [0.2, 0.25) is 0 Å². The van der Waals surface area contributed by atoms with E-state index in [0.29, 0.717) is 0 Å². The maximum absolute atomic E-state index is 3.74. The van der Waals surface area contributed by atoms with Crippen LogP contribution in [0.4, 0.5) is 0 Å². The average Bonchev–Trinajstić information content (AvgIpc) is 2.78. The molecule has 0 spiro atoms. The van der Waals surface area contributed by atoms with Gasteiger partial charge in [-0.15, -0.1) is 0 Å². The summed E-state index contributed by atoms with van der Waals surface area (Å²) in [6.45, 7) is 6.64. The second kappa shape index (κ2) is 6.55. The van der Waals surface area contributed by atoms with Crippen LogP contribution in [0, 0.1) is 5.92 Å². The number of rotatable bonds is 4. The minimum Gasteiger partial charge on any atom is -0.314 e. The number of hydrogen-bond acceptors (Lipinski definition) is 2. The molecule has 1 saturated carbocycles. The van der Waals surface area contributed by atoms with E-state index in [1.807, 2.05) is 0 Å². The number of piperidine rings is 1. The molecule has 2 heteroatoms. The number of allylic oxidation sites excluding steroid dienone is 1. The van der Waals surface area contributed by atoms with Gasteiger partial charge in [0, 0.05) is 18.6 Å². The SMILES string of the molecule is CC(C)=CCNC1CCCC1C1CCCCN1. The van der Waals surface area contributed by atoms with Crippen molar-refractivity contribution in [2.75, 3.05) is 13.1 Å². The van der Waals surface area contributed by atoms with E-state index in [1.54, 1.807) is 0 Å². The molecule has 1 saturated heterocycles. The Labute approximate surface area is 106 Å². The van der Waals surface area contributed by atoms with E-state index in [0.717, 1.165) is 24.5 Å². The summed E-state index contributed by atoms with van der Waals surface area (Å²) in [6, 6.07) is 1.54. The van der Waals surface area contributed by atoms with Crippen molar-refractivity contribution in [2.24, 2.45) is 5.92 Å². The lowest BCUT2D eigenvalue weighted by molar-refractivity contribution is 0.261. The predicted molar refractivity (Wildman–Crippen MR) is 74.2 cm³/mol. The molecule has 0 aromatic heterocycles. The number of nitrogens with one attached hydrogen (secondary N) is 2. The first-order chi connectivity index (χ1) is 8.27. The zero-order chi connectivity index (χ0) is 12.1. The van der Waals surface area contributed by atoms with Crippen LogP contribution in [0.5, 0.6) is 0 Å². The Hall–Kier alpha value is -0.340.